The largest absolute Gasteiger partial charge is 0.322 e. The summed E-state index contributed by atoms with van der Waals surface area (Å²) >= 11 is 0. The maximum atomic E-state index is 13.3. The molecule has 4 rings (SSSR count). The lowest BCUT2D eigenvalue weighted by Gasteiger charge is -2.24. The van der Waals surface area contributed by atoms with Crippen LogP contribution in [0, 0.1) is 6.92 Å². The highest BCUT2D eigenvalue weighted by Crippen LogP contribution is 2.37. The summed E-state index contributed by atoms with van der Waals surface area (Å²) in [6, 6.07) is 19.7. The number of nitrogens with one attached hydrogen (secondary N) is 1. The van der Waals surface area contributed by atoms with Crippen LogP contribution in [-0.2, 0) is 16.4 Å². The summed E-state index contributed by atoms with van der Waals surface area (Å²) < 4.78 is 28.1. The van der Waals surface area contributed by atoms with Crippen LogP contribution in [0.4, 0.5) is 11.4 Å². The van der Waals surface area contributed by atoms with Gasteiger partial charge in [-0.15, -0.1) is 0 Å². The molecule has 6 heteroatoms. The first-order valence-corrected chi connectivity index (χ1v) is 12.3. The molecule has 1 aliphatic heterocycles. The Hall–Kier alpha value is -3.12. The highest BCUT2D eigenvalue weighted by molar-refractivity contribution is 7.92. The van der Waals surface area contributed by atoms with Gasteiger partial charge < -0.3 is 5.32 Å². The summed E-state index contributed by atoms with van der Waals surface area (Å²) in [5.74, 6) is 0.218. The first-order chi connectivity index (χ1) is 15.2. The van der Waals surface area contributed by atoms with E-state index in [9.17, 15) is 13.2 Å². The summed E-state index contributed by atoms with van der Waals surface area (Å²) in [4.78, 5) is 13.1. The summed E-state index contributed by atoms with van der Waals surface area (Å²) in [6.45, 7) is 8.07. The molecule has 0 saturated heterocycles. The fourth-order valence-corrected chi connectivity index (χ4v) is 5.78. The molecule has 0 radical (unpaired) electrons. The zero-order valence-corrected chi connectivity index (χ0v) is 19.6. The number of hydrogen-bond acceptors (Lipinski definition) is 3. The van der Waals surface area contributed by atoms with Gasteiger partial charge in [-0.2, -0.15) is 0 Å². The molecule has 0 unspecified atom stereocenters. The second-order valence-electron chi connectivity index (χ2n) is 8.74. The van der Waals surface area contributed by atoms with Crippen LogP contribution in [0.5, 0.6) is 0 Å². The SMILES string of the molecule is Cc1ccc(S(=O)(=O)N2c3ccc(C(=O)Nc4ccc(C(C)C)cc4)cc3C[C@H]2C)cc1. The molecule has 0 aliphatic carbocycles. The molecule has 0 aromatic heterocycles. The van der Waals surface area contributed by atoms with E-state index in [1.165, 1.54) is 9.87 Å². The van der Waals surface area contributed by atoms with Gasteiger partial charge in [0.25, 0.3) is 15.9 Å². The first kappa shape index (κ1) is 22.1. The average Bonchev–Trinajstić information content (AvgIpc) is 3.10. The van der Waals surface area contributed by atoms with Gasteiger partial charge in [0.05, 0.1) is 10.6 Å². The highest BCUT2D eigenvalue weighted by atomic mass is 32.2. The summed E-state index contributed by atoms with van der Waals surface area (Å²) in [5, 5.41) is 2.93. The van der Waals surface area contributed by atoms with Crippen LogP contribution in [0.3, 0.4) is 0 Å². The smallest absolute Gasteiger partial charge is 0.264 e. The zero-order valence-electron chi connectivity index (χ0n) is 18.8. The maximum Gasteiger partial charge on any atom is 0.264 e. The number of amides is 1. The first-order valence-electron chi connectivity index (χ1n) is 10.8. The van der Waals surface area contributed by atoms with Gasteiger partial charge >= 0.3 is 0 Å². The summed E-state index contributed by atoms with van der Waals surface area (Å²) in [6.07, 6.45) is 0.560. The fraction of sp³-hybridized carbons (Fsp3) is 0.269. The number of aryl methyl sites for hydroxylation is 1. The molecule has 32 heavy (non-hydrogen) atoms. The summed E-state index contributed by atoms with van der Waals surface area (Å²) in [5.41, 5.74) is 4.96. The Bertz CT molecular complexity index is 1250. The normalized spacial score (nSPS) is 15.7. The standard InChI is InChI=1S/C26H28N2O3S/c1-17(2)20-7-10-23(11-8-20)27-26(29)21-9-14-25-22(16-21)15-19(4)28(25)32(30,31)24-12-5-18(3)6-13-24/h5-14,16-17,19H,15H2,1-4H3,(H,27,29)/t19-/m1/s1. The van der Waals surface area contributed by atoms with Crippen LogP contribution in [0.25, 0.3) is 0 Å². The van der Waals surface area contributed by atoms with Crippen molar-refractivity contribution in [3.8, 4) is 0 Å². The molecule has 166 valence electrons. The molecule has 1 atom stereocenters. The number of nitrogens with zero attached hydrogens (tertiary/aromatic N) is 1. The Balaban J connectivity index is 1.58. The molecule has 0 fully saturated rings. The Morgan fingerprint density at radius 3 is 2.28 bits per heavy atom. The van der Waals surface area contributed by atoms with Crippen LogP contribution in [0.1, 0.15) is 53.7 Å². The van der Waals surface area contributed by atoms with Crippen molar-refractivity contribution in [2.75, 3.05) is 9.62 Å². The topological polar surface area (TPSA) is 66.5 Å². The van der Waals surface area contributed by atoms with E-state index in [0.717, 1.165) is 16.8 Å². The number of anilines is 2. The average molecular weight is 449 g/mol. The molecule has 5 nitrogen and oxygen atoms in total. The van der Waals surface area contributed by atoms with Crippen molar-refractivity contribution in [2.24, 2.45) is 0 Å². The Morgan fingerprint density at radius 1 is 1.00 bits per heavy atom. The molecule has 3 aromatic carbocycles. The van der Waals surface area contributed by atoms with Crippen LogP contribution in [-0.4, -0.2) is 20.4 Å². The Labute approximate surface area is 190 Å². The van der Waals surface area contributed by atoms with Crippen molar-refractivity contribution in [1.82, 2.24) is 0 Å². The molecule has 1 N–H and O–H groups in total. The number of benzene rings is 3. The third-order valence-electron chi connectivity index (χ3n) is 5.91. The molecular formula is C26H28N2O3S. The van der Waals surface area contributed by atoms with Crippen molar-refractivity contribution in [3.63, 3.8) is 0 Å². The van der Waals surface area contributed by atoms with Gasteiger partial charge in [-0.1, -0.05) is 43.7 Å². The van der Waals surface area contributed by atoms with E-state index in [2.05, 4.69) is 19.2 Å². The van der Waals surface area contributed by atoms with E-state index >= 15 is 0 Å². The van der Waals surface area contributed by atoms with Crippen molar-refractivity contribution < 1.29 is 13.2 Å². The van der Waals surface area contributed by atoms with Gasteiger partial charge in [-0.05, 0) is 79.8 Å². The van der Waals surface area contributed by atoms with Gasteiger partial charge in [-0.25, -0.2) is 8.42 Å². The van der Waals surface area contributed by atoms with Crippen LogP contribution in [0.2, 0.25) is 0 Å². The van der Waals surface area contributed by atoms with Crippen LogP contribution >= 0.6 is 0 Å². The number of hydrogen-bond donors (Lipinski definition) is 1. The van der Waals surface area contributed by atoms with Crippen LogP contribution < -0.4 is 9.62 Å². The van der Waals surface area contributed by atoms with E-state index in [1.807, 2.05) is 38.1 Å². The van der Waals surface area contributed by atoms with Gasteiger partial charge in [-0.3, -0.25) is 9.10 Å². The van der Waals surface area contributed by atoms with Crippen molar-refractivity contribution in [3.05, 3.63) is 89.0 Å². The number of rotatable bonds is 5. The van der Waals surface area contributed by atoms with Gasteiger partial charge in [0.2, 0.25) is 0 Å². The number of carbonyl (C=O) groups is 1. The van der Waals surface area contributed by atoms with E-state index in [1.54, 1.807) is 42.5 Å². The molecule has 0 saturated carbocycles. The minimum Gasteiger partial charge on any atom is -0.322 e. The van der Waals surface area contributed by atoms with E-state index < -0.39 is 10.0 Å². The maximum absolute atomic E-state index is 13.3. The monoisotopic (exact) mass is 448 g/mol. The highest BCUT2D eigenvalue weighted by Gasteiger charge is 2.36. The number of sulfonamides is 1. The predicted molar refractivity (Wildman–Crippen MR) is 129 cm³/mol. The predicted octanol–water partition coefficient (Wildman–Crippen LogP) is 5.51. The minimum atomic E-state index is -3.68. The second kappa shape index (κ2) is 8.43. The second-order valence-corrected chi connectivity index (χ2v) is 10.6. The van der Waals surface area contributed by atoms with Gasteiger partial charge in [0.1, 0.15) is 0 Å². The molecular weight excluding hydrogens is 420 g/mol. The molecule has 3 aromatic rings. The molecule has 0 bridgehead atoms. The molecule has 0 spiro atoms. The lowest BCUT2D eigenvalue weighted by molar-refractivity contribution is 0.102. The van der Waals surface area contributed by atoms with E-state index in [0.29, 0.717) is 23.6 Å². The lowest BCUT2D eigenvalue weighted by Crippen LogP contribution is -2.35. The number of fused-ring (bicyclic) bond motifs is 1. The zero-order chi connectivity index (χ0) is 23.0. The lowest BCUT2D eigenvalue weighted by atomic mass is 10.0. The van der Waals surface area contributed by atoms with E-state index in [4.69, 9.17) is 0 Å². The van der Waals surface area contributed by atoms with Gasteiger partial charge in [0.15, 0.2) is 0 Å². The van der Waals surface area contributed by atoms with Crippen molar-refractivity contribution >= 4 is 27.3 Å². The Morgan fingerprint density at radius 2 is 1.66 bits per heavy atom. The van der Waals surface area contributed by atoms with Gasteiger partial charge in [0, 0.05) is 17.3 Å². The number of carbonyl (C=O) groups excluding carboxylic acids is 1. The summed E-state index contributed by atoms with van der Waals surface area (Å²) in [7, 11) is -3.68. The van der Waals surface area contributed by atoms with Crippen molar-refractivity contribution in [1.29, 1.82) is 0 Å². The fourth-order valence-electron chi connectivity index (χ4n) is 4.09. The quantitative estimate of drug-likeness (QED) is 0.560. The molecule has 1 heterocycles. The van der Waals surface area contributed by atoms with Crippen molar-refractivity contribution in [2.45, 2.75) is 51.0 Å². The molecule has 1 aliphatic rings. The third kappa shape index (κ3) is 4.15. The molecule has 1 amide bonds. The minimum absolute atomic E-state index is 0.211. The van der Waals surface area contributed by atoms with Crippen LogP contribution in [0.15, 0.2) is 71.6 Å². The third-order valence-corrected chi connectivity index (χ3v) is 7.85. The Kier molecular flexibility index (Phi) is 5.82. The van der Waals surface area contributed by atoms with E-state index in [-0.39, 0.29) is 16.8 Å².